The first-order chi connectivity index (χ1) is 9.16. The predicted octanol–water partition coefficient (Wildman–Crippen LogP) is 4.30. The molecule has 19 heavy (non-hydrogen) atoms. The fourth-order valence-electron chi connectivity index (χ4n) is 1.78. The van der Waals surface area contributed by atoms with Crippen molar-refractivity contribution in [1.82, 2.24) is 0 Å². The highest BCUT2D eigenvalue weighted by Crippen LogP contribution is 2.36. The second kappa shape index (κ2) is 5.26. The minimum absolute atomic E-state index is 0.0721. The Morgan fingerprint density at radius 1 is 1.26 bits per heavy atom. The second-order valence-corrected chi connectivity index (χ2v) is 6.48. The van der Waals surface area contributed by atoms with E-state index in [2.05, 4.69) is 31.9 Å². The van der Waals surface area contributed by atoms with Gasteiger partial charge in [0, 0.05) is 9.85 Å². The first kappa shape index (κ1) is 13.1. The van der Waals surface area contributed by atoms with Crippen LogP contribution in [0.4, 0.5) is 0 Å². The minimum atomic E-state index is -0.600. The van der Waals surface area contributed by atoms with Gasteiger partial charge >= 0.3 is 0 Å². The van der Waals surface area contributed by atoms with Gasteiger partial charge in [-0.25, -0.2) is 0 Å². The molecule has 0 amide bonds. The van der Waals surface area contributed by atoms with Gasteiger partial charge in [-0.05, 0) is 44.0 Å². The molecule has 0 spiro atoms. The molecule has 98 valence electrons. The molecule has 1 aliphatic heterocycles. The molecule has 1 atom stereocenters. The highest BCUT2D eigenvalue weighted by molar-refractivity contribution is 9.13. The Bertz CT molecular complexity index is 639. The highest BCUT2D eigenvalue weighted by Gasteiger charge is 2.30. The number of fused-ring (bicyclic) bond motifs is 1. The van der Waals surface area contributed by atoms with E-state index in [1.54, 1.807) is 6.07 Å². The molecular weight excluding hydrogens is 396 g/mol. The number of hydrogen-bond acceptors (Lipinski definition) is 4. The fourth-order valence-corrected chi connectivity index (χ4v) is 3.94. The van der Waals surface area contributed by atoms with Crippen LogP contribution in [0.3, 0.4) is 0 Å². The zero-order valence-electron chi connectivity index (χ0n) is 9.56. The molecule has 0 fully saturated rings. The van der Waals surface area contributed by atoms with Crippen molar-refractivity contribution in [1.29, 1.82) is 0 Å². The van der Waals surface area contributed by atoms with Crippen LogP contribution in [-0.4, -0.2) is 18.5 Å². The van der Waals surface area contributed by atoms with Gasteiger partial charge in [0.2, 0.25) is 5.78 Å². The van der Waals surface area contributed by atoms with Crippen LogP contribution in [0.5, 0.6) is 11.5 Å². The van der Waals surface area contributed by atoms with E-state index < -0.39 is 6.10 Å². The molecule has 2 aromatic rings. The molecule has 3 nitrogen and oxygen atoms in total. The molecule has 6 heteroatoms. The van der Waals surface area contributed by atoms with Gasteiger partial charge in [-0.3, -0.25) is 4.79 Å². The molecule has 0 saturated heterocycles. The maximum absolute atomic E-state index is 12.4. The van der Waals surface area contributed by atoms with Crippen LogP contribution in [0, 0.1) is 0 Å². The zero-order valence-corrected chi connectivity index (χ0v) is 13.5. The van der Waals surface area contributed by atoms with Crippen LogP contribution in [0.2, 0.25) is 0 Å². The number of para-hydroxylation sites is 2. The van der Waals surface area contributed by atoms with E-state index in [4.69, 9.17) is 9.47 Å². The second-order valence-electron chi connectivity index (χ2n) is 3.96. The van der Waals surface area contributed by atoms with Crippen LogP contribution in [0.1, 0.15) is 9.67 Å². The van der Waals surface area contributed by atoms with Crippen molar-refractivity contribution in [3.05, 3.63) is 43.5 Å². The molecule has 0 radical (unpaired) electrons. The Kier molecular flexibility index (Phi) is 3.64. The smallest absolute Gasteiger partial charge is 0.217 e. The number of carbonyl (C=O) groups is 1. The Balaban J connectivity index is 1.85. The van der Waals surface area contributed by atoms with Gasteiger partial charge in [0.25, 0.3) is 0 Å². The maximum atomic E-state index is 12.4. The lowest BCUT2D eigenvalue weighted by Gasteiger charge is -2.25. The third-order valence-electron chi connectivity index (χ3n) is 2.71. The van der Waals surface area contributed by atoms with Crippen molar-refractivity contribution in [2.75, 3.05) is 6.61 Å². The molecular formula is C13H8Br2O3S. The van der Waals surface area contributed by atoms with E-state index in [1.165, 1.54) is 11.3 Å². The molecule has 1 unspecified atom stereocenters. The summed E-state index contributed by atoms with van der Waals surface area (Å²) in [6.07, 6.45) is -0.600. The highest BCUT2D eigenvalue weighted by atomic mass is 79.9. The summed E-state index contributed by atoms with van der Waals surface area (Å²) >= 11 is 8.15. The number of benzene rings is 1. The quantitative estimate of drug-likeness (QED) is 0.701. The van der Waals surface area contributed by atoms with Crippen molar-refractivity contribution in [2.24, 2.45) is 0 Å². The lowest BCUT2D eigenvalue weighted by molar-refractivity contribution is 0.0589. The normalized spacial score (nSPS) is 17.3. The SMILES string of the molecule is O=C(c1scc(Br)c1Br)C1COc2ccccc2O1. The van der Waals surface area contributed by atoms with Crippen LogP contribution in [-0.2, 0) is 0 Å². The van der Waals surface area contributed by atoms with Crippen molar-refractivity contribution in [2.45, 2.75) is 6.10 Å². The summed E-state index contributed by atoms with van der Waals surface area (Å²) in [5, 5.41) is 1.87. The van der Waals surface area contributed by atoms with E-state index in [-0.39, 0.29) is 12.4 Å². The van der Waals surface area contributed by atoms with E-state index in [0.717, 1.165) is 8.95 Å². The van der Waals surface area contributed by atoms with Crippen LogP contribution < -0.4 is 9.47 Å². The van der Waals surface area contributed by atoms with E-state index >= 15 is 0 Å². The number of hydrogen-bond donors (Lipinski definition) is 0. The van der Waals surface area contributed by atoms with Crippen molar-refractivity contribution in [3.8, 4) is 11.5 Å². The number of rotatable bonds is 2. The number of thiophene rings is 1. The summed E-state index contributed by atoms with van der Waals surface area (Å²) in [4.78, 5) is 13.0. The van der Waals surface area contributed by atoms with Crippen molar-refractivity contribution >= 4 is 49.0 Å². The topological polar surface area (TPSA) is 35.5 Å². The third-order valence-corrected chi connectivity index (χ3v) is 6.26. The maximum Gasteiger partial charge on any atom is 0.217 e. The molecule has 1 aromatic heterocycles. The average molecular weight is 404 g/mol. The number of ether oxygens (including phenoxy) is 2. The largest absolute Gasteiger partial charge is 0.485 e. The standard InChI is InChI=1S/C13H8Br2O3S/c14-7-6-19-13(11(7)15)12(16)10-5-17-8-3-1-2-4-9(8)18-10/h1-4,6,10H,5H2. The average Bonchev–Trinajstić information content (AvgIpc) is 2.78. The monoisotopic (exact) mass is 402 g/mol. The molecule has 0 saturated carbocycles. The van der Waals surface area contributed by atoms with Gasteiger partial charge in [-0.15, -0.1) is 11.3 Å². The summed E-state index contributed by atoms with van der Waals surface area (Å²) < 4.78 is 12.9. The van der Waals surface area contributed by atoms with E-state index in [9.17, 15) is 4.79 Å². The molecule has 1 aromatic carbocycles. The van der Waals surface area contributed by atoms with Crippen molar-refractivity contribution < 1.29 is 14.3 Å². The summed E-state index contributed by atoms with van der Waals surface area (Å²) in [5.41, 5.74) is 0. The van der Waals surface area contributed by atoms with Crippen LogP contribution in [0.25, 0.3) is 0 Å². The van der Waals surface area contributed by atoms with Crippen molar-refractivity contribution in [3.63, 3.8) is 0 Å². The molecule has 2 heterocycles. The minimum Gasteiger partial charge on any atom is -0.485 e. The van der Waals surface area contributed by atoms with Gasteiger partial charge in [-0.1, -0.05) is 12.1 Å². The molecule has 0 N–H and O–H groups in total. The zero-order chi connectivity index (χ0) is 13.4. The van der Waals surface area contributed by atoms with Gasteiger partial charge in [0.05, 0.1) is 9.35 Å². The van der Waals surface area contributed by atoms with Crippen LogP contribution >= 0.6 is 43.2 Å². The molecule has 1 aliphatic rings. The summed E-state index contributed by atoms with van der Waals surface area (Å²) in [6, 6.07) is 7.35. The summed E-state index contributed by atoms with van der Waals surface area (Å²) in [7, 11) is 0. The first-order valence-corrected chi connectivity index (χ1v) is 7.98. The predicted molar refractivity (Wildman–Crippen MR) is 80.4 cm³/mol. The first-order valence-electron chi connectivity index (χ1n) is 5.52. The lowest BCUT2D eigenvalue weighted by atomic mass is 10.2. The molecule has 0 aliphatic carbocycles. The van der Waals surface area contributed by atoms with Gasteiger partial charge in [0.1, 0.15) is 6.61 Å². The lowest BCUT2D eigenvalue weighted by Crippen LogP contribution is -2.36. The Morgan fingerprint density at radius 2 is 2.00 bits per heavy atom. The number of carbonyl (C=O) groups excluding carboxylic acids is 1. The third kappa shape index (κ3) is 2.44. The van der Waals surface area contributed by atoms with E-state index in [1.807, 2.05) is 23.6 Å². The Morgan fingerprint density at radius 3 is 2.68 bits per heavy atom. The van der Waals surface area contributed by atoms with E-state index in [0.29, 0.717) is 16.4 Å². The Labute approximate surface area is 130 Å². The van der Waals surface area contributed by atoms with Crippen LogP contribution in [0.15, 0.2) is 38.6 Å². The summed E-state index contributed by atoms with van der Waals surface area (Å²) in [6.45, 7) is 0.234. The van der Waals surface area contributed by atoms with Gasteiger partial charge in [-0.2, -0.15) is 0 Å². The summed E-state index contributed by atoms with van der Waals surface area (Å²) in [5.74, 6) is 1.22. The number of ketones is 1. The molecule has 0 bridgehead atoms. The number of halogens is 2. The Hall–Kier alpha value is -0.850. The van der Waals surface area contributed by atoms with Gasteiger partial charge in [0.15, 0.2) is 17.6 Å². The number of Topliss-reactive ketones (excluding diaryl/α,β-unsaturated/α-hetero) is 1. The fraction of sp³-hybridized carbons (Fsp3) is 0.154. The molecule has 3 rings (SSSR count). The van der Waals surface area contributed by atoms with Gasteiger partial charge < -0.3 is 9.47 Å².